The van der Waals surface area contributed by atoms with Crippen molar-refractivity contribution in [1.82, 2.24) is 0 Å². The molecule has 0 aromatic heterocycles. The molecule has 0 spiro atoms. The van der Waals surface area contributed by atoms with Gasteiger partial charge in [0.25, 0.3) is 0 Å². The molecule has 2 aromatic carbocycles. The fraction of sp³-hybridized carbons (Fsp3) is 0.611. The van der Waals surface area contributed by atoms with Gasteiger partial charge in [-0.2, -0.15) is 0 Å². The van der Waals surface area contributed by atoms with E-state index < -0.39 is 17.6 Å². The number of hydrogen-bond acceptors (Lipinski definition) is 4. The molecule has 1 fully saturated rings. The van der Waals surface area contributed by atoms with Gasteiger partial charge in [0.15, 0.2) is 0 Å². The molecule has 0 bridgehead atoms. The van der Waals surface area contributed by atoms with Crippen molar-refractivity contribution < 1.29 is 28.6 Å². The number of carboxylic acid groups (broad SMARTS) is 1. The number of halogens is 1. The molecule has 2 atom stereocenters. The number of carbonyl (C=O) groups excluding carboxylic acids is 1. The lowest BCUT2D eigenvalue weighted by Gasteiger charge is -2.35. The molecule has 1 N–H and O–H groups in total. The number of aliphatic carboxylic acids is 1. The molecule has 0 heterocycles. The minimum atomic E-state index is -2.14. The lowest BCUT2D eigenvalue weighted by Crippen LogP contribution is -2.44. The van der Waals surface area contributed by atoms with Crippen molar-refractivity contribution in [2.45, 2.75) is 122 Å². The maximum atomic E-state index is 15.8. The third kappa shape index (κ3) is 10.7. The first-order valence-corrected chi connectivity index (χ1v) is 16.3. The van der Waals surface area contributed by atoms with E-state index in [2.05, 4.69) is 6.92 Å². The highest BCUT2D eigenvalue weighted by atomic mass is 19.1. The summed E-state index contributed by atoms with van der Waals surface area (Å²) in [5.74, 6) is -0.911. The molecule has 1 saturated carbocycles. The van der Waals surface area contributed by atoms with Crippen molar-refractivity contribution in [2.75, 3.05) is 6.61 Å². The Labute approximate surface area is 252 Å². The number of benzene rings is 2. The Morgan fingerprint density at radius 1 is 0.881 bits per heavy atom. The predicted molar refractivity (Wildman–Crippen MR) is 166 cm³/mol. The van der Waals surface area contributed by atoms with Crippen LogP contribution in [0.15, 0.2) is 48.5 Å². The fourth-order valence-corrected chi connectivity index (χ4v) is 6.06. The number of carboxylic acids is 1. The van der Waals surface area contributed by atoms with E-state index in [0.29, 0.717) is 43.6 Å². The normalized spacial score (nSPS) is 16.0. The lowest BCUT2D eigenvalue weighted by molar-refractivity contribution is -0.158. The molecule has 5 nitrogen and oxygen atoms in total. The molecule has 6 heteroatoms. The minimum Gasteiger partial charge on any atom is -0.494 e. The lowest BCUT2D eigenvalue weighted by atomic mass is 9.73. The average Bonchev–Trinajstić information content (AvgIpc) is 3.01. The summed E-state index contributed by atoms with van der Waals surface area (Å²) in [4.78, 5) is 24.6. The standard InChI is InChI=1S/C36H51FO5/c1-3-5-6-7-8-9-13-26-41-32-24-20-30(21-25-32)34(38)42-33-22-18-29(19-23-33)17-16-28(4-2)27-36(37,35(39)40)31-14-11-10-12-15-31/h18-25,28,31H,3-17,26-27H2,1-2H3,(H,39,40)/t28?,36-/m0/s1. The molecule has 232 valence electrons. The number of aryl methyl sites for hydroxylation is 1. The second kappa shape index (κ2) is 17.9. The molecular formula is C36H51FO5. The van der Waals surface area contributed by atoms with Crippen LogP contribution in [-0.4, -0.2) is 29.3 Å². The van der Waals surface area contributed by atoms with Gasteiger partial charge in [0, 0.05) is 5.92 Å². The first-order chi connectivity index (χ1) is 20.4. The molecular weight excluding hydrogens is 531 g/mol. The van der Waals surface area contributed by atoms with Crippen molar-refractivity contribution in [1.29, 1.82) is 0 Å². The summed E-state index contributed by atoms with van der Waals surface area (Å²) in [5.41, 5.74) is -0.635. The zero-order valence-electron chi connectivity index (χ0n) is 25.8. The van der Waals surface area contributed by atoms with Gasteiger partial charge in [-0.3, -0.25) is 0 Å². The van der Waals surface area contributed by atoms with E-state index in [0.717, 1.165) is 43.4 Å². The van der Waals surface area contributed by atoms with Crippen molar-refractivity contribution in [3.05, 3.63) is 59.7 Å². The largest absolute Gasteiger partial charge is 0.494 e. The van der Waals surface area contributed by atoms with Gasteiger partial charge < -0.3 is 14.6 Å². The molecule has 42 heavy (non-hydrogen) atoms. The molecule has 1 aliphatic rings. The number of alkyl halides is 1. The molecule has 3 rings (SSSR count). The minimum absolute atomic E-state index is 0.00645. The maximum Gasteiger partial charge on any atom is 0.343 e. The Morgan fingerprint density at radius 2 is 1.50 bits per heavy atom. The first kappa shape index (κ1) is 33.6. The SMILES string of the molecule is CCCCCCCCCOc1ccc(C(=O)Oc2ccc(CCC(CC)C[C@@](F)(C(=O)O)C3CCCCC3)cc2)cc1. The van der Waals surface area contributed by atoms with E-state index in [4.69, 9.17) is 9.47 Å². The van der Waals surface area contributed by atoms with E-state index in [1.807, 2.05) is 19.1 Å². The smallest absolute Gasteiger partial charge is 0.343 e. The summed E-state index contributed by atoms with van der Waals surface area (Å²) in [5, 5.41) is 9.77. The van der Waals surface area contributed by atoms with Gasteiger partial charge in [-0.1, -0.05) is 90.2 Å². The van der Waals surface area contributed by atoms with Gasteiger partial charge in [-0.15, -0.1) is 0 Å². The van der Waals surface area contributed by atoms with Crippen LogP contribution in [0.1, 0.15) is 126 Å². The van der Waals surface area contributed by atoms with Crippen molar-refractivity contribution in [3.63, 3.8) is 0 Å². The van der Waals surface area contributed by atoms with Crippen LogP contribution in [0.25, 0.3) is 0 Å². The maximum absolute atomic E-state index is 15.8. The summed E-state index contributed by atoms with van der Waals surface area (Å²) < 4.78 is 27.1. The fourth-order valence-electron chi connectivity index (χ4n) is 6.06. The van der Waals surface area contributed by atoms with Crippen molar-refractivity contribution in [3.8, 4) is 11.5 Å². The van der Waals surface area contributed by atoms with Gasteiger partial charge in [0.05, 0.1) is 12.2 Å². The summed E-state index contributed by atoms with van der Waals surface area (Å²) in [6.45, 7) is 4.91. The highest BCUT2D eigenvalue weighted by Crippen LogP contribution is 2.41. The Morgan fingerprint density at radius 3 is 2.12 bits per heavy atom. The van der Waals surface area contributed by atoms with E-state index >= 15 is 4.39 Å². The summed E-state index contributed by atoms with van der Waals surface area (Å²) >= 11 is 0. The highest BCUT2D eigenvalue weighted by Gasteiger charge is 2.47. The van der Waals surface area contributed by atoms with Crippen LogP contribution in [0.5, 0.6) is 11.5 Å². The van der Waals surface area contributed by atoms with Gasteiger partial charge in [-0.05, 0) is 86.4 Å². The Kier molecular flexibility index (Phi) is 14.3. The molecule has 0 amide bonds. The second-order valence-corrected chi connectivity index (χ2v) is 12.0. The average molecular weight is 583 g/mol. The van der Waals surface area contributed by atoms with E-state index in [-0.39, 0.29) is 18.3 Å². The second-order valence-electron chi connectivity index (χ2n) is 12.0. The quantitative estimate of drug-likeness (QED) is 0.101. The van der Waals surface area contributed by atoms with E-state index in [9.17, 15) is 14.7 Å². The Balaban J connectivity index is 1.42. The first-order valence-electron chi connectivity index (χ1n) is 16.3. The van der Waals surface area contributed by atoms with Crippen LogP contribution in [-0.2, 0) is 11.2 Å². The number of rotatable bonds is 19. The number of unbranched alkanes of at least 4 members (excludes halogenated alkanes) is 6. The number of carbonyl (C=O) groups is 2. The van der Waals surface area contributed by atoms with Crippen LogP contribution < -0.4 is 9.47 Å². The zero-order valence-corrected chi connectivity index (χ0v) is 25.8. The van der Waals surface area contributed by atoms with Gasteiger partial charge in [-0.25, -0.2) is 14.0 Å². The third-order valence-electron chi connectivity index (χ3n) is 8.85. The summed E-state index contributed by atoms with van der Waals surface area (Å²) in [6, 6.07) is 14.4. The third-order valence-corrected chi connectivity index (χ3v) is 8.85. The van der Waals surface area contributed by atoms with Gasteiger partial charge in [0.2, 0.25) is 5.67 Å². The number of esters is 1. The molecule has 1 unspecified atom stereocenters. The molecule has 2 aromatic rings. The van der Waals surface area contributed by atoms with Crippen molar-refractivity contribution >= 4 is 11.9 Å². The van der Waals surface area contributed by atoms with Crippen LogP contribution in [0, 0.1) is 11.8 Å². The summed E-state index contributed by atoms with van der Waals surface area (Å²) in [6.07, 6.45) is 15.1. The zero-order chi connectivity index (χ0) is 30.2. The highest BCUT2D eigenvalue weighted by molar-refractivity contribution is 5.91. The topological polar surface area (TPSA) is 72.8 Å². The number of hydrogen-bond donors (Lipinski definition) is 1. The molecule has 0 saturated heterocycles. The van der Waals surface area contributed by atoms with E-state index in [1.54, 1.807) is 36.4 Å². The Bertz CT molecular complexity index is 1060. The molecule has 0 radical (unpaired) electrons. The Hall–Kier alpha value is -2.89. The van der Waals surface area contributed by atoms with Gasteiger partial charge in [0.1, 0.15) is 11.5 Å². The van der Waals surface area contributed by atoms with Crippen LogP contribution >= 0.6 is 0 Å². The van der Waals surface area contributed by atoms with E-state index in [1.165, 1.54) is 38.5 Å². The number of ether oxygens (including phenoxy) is 2. The van der Waals surface area contributed by atoms with Crippen LogP contribution in [0.2, 0.25) is 0 Å². The summed E-state index contributed by atoms with van der Waals surface area (Å²) in [7, 11) is 0. The van der Waals surface area contributed by atoms with Crippen molar-refractivity contribution in [2.24, 2.45) is 11.8 Å². The van der Waals surface area contributed by atoms with Crippen LogP contribution in [0.3, 0.4) is 0 Å². The molecule has 1 aliphatic carbocycles. The monoisotopic (exact) mass is 582 g/mol. The van der Waals surface area contributed by atoms with Gasteiger partial charge >= 0.3 is 11.9 Å². The predicted octanol–water partition coefficient (Wildman–Crippen LogP) is 9.76. The van der Waals surface area contributed by atoms with Crippen LogP contribution in [0.4, 0.5) is 4.39 Å². The molecule has 0 aliphatic heterocycles.